The van der Waals surface area contributed by atoms with Crippen molar-refractivity contribution in [2.45, 2.75) is 20.4 Å². The van der Waals surface area contributed by atoms with Gasteiger partial charge in [0.15, 0.2) is 0 Å². The second-order valence-electron chi connectivity index (χ2n) is 9.92. The van der Waals surface area contributed by atoms with E-state index in [4.69, 9.17) is 0 Å². The number of benzene rings is 2. The van der Waals surface area contributed by atoms with Crippen LogP contribution in [0.25, 0.3) is 11.3 Å². The van der Waals surface area contributed by atoms with Crippen LogP contribution in [0.5, 0.6) is 0 Å². The third kappa shape index (κ3) is 4.34. The van der Waals surface area contributed by atoms with Crippen molar-refractivity contribution in [2.24, 2.45) is 11.8 Å². The second kappa shape index (κ2) is 9.18. The molecule has 2 aromatic heterocycles. The number of hydrogen-bond acceptors (Lipinski definition) is 6. The van der Waals surface area contributed by atoms with Gasteiger partial charge in [0.1, 0.15) is 5.69 Å². The third-order valence-electron chi connectivity index (χ3n) is 7.19. The van der Waals surface area contributed by atoms with Crippen LogP contribution < -0.4 is 4.90 Å². The van der Waals surface area contributed by atoms with E-state index in [9.17, 15) is 4.79 Å². The number of rotatable bonds is 5. The van der Waals surface area contributed by atoms with E-state index < -0.39 is 0 Å². The highest BCUT2D eigenvalue weighted by Gasteiger charge is 2.42. The van der Waals surface area contributed by atoms with E-state index in [1.807, 2.05) is 78.2 Å². The van der Waals surface area contributed by atoms with Crippen molar-refractivity contribution in [2.75, 3.05) is 31.1 Å². The molecule has 2 aromatic carbocycles. The van der Waals surface area contributed by atoms with Gasteiger partial charge in [0, 0.05) is 60.5 Å². The highest BCUT2D eigenvalue weighted by Crippen LogP contribution is 2.34. The van der Waals surface area contributed by atoms with Crippen LogP contribution in [0.15, 0.2) is 66.9 Å². The molecule has 0 radical (unpaired) electrons. The topological polar surface area (TPSA) is 80.0 Å². The van der Waals surface area contributed by atoms with E-state index in [0.717, 1.165) is 54.6 Å². The molecule has 4 aromatic rings. The average molecular weight is 480 g/mol. The maximum atomic E-state index is 13.6. The molecule has 0 N–H and O–H groups in total. The van der Waals surface area contributed by atoms with Crippen molar-refractivity contribution in [1.29, 1.82) is 0 Å². The number of likely N-dealkylation sites (tertiary alicyclic amines) is 1. The van der Waals surface area contributed by atoms with Crippen molar-refractivity contribution in [3.63, 3.8) is 0 Å². The lowest BCUT2D eigenvalue weighted by Crippen LogP contribution is -2.34. The standard InChI is InChI=1S/C28H29N7O/c1-19-12-20(2)30-28(29-19)34-16-22-14-33(15-23(22)17-34)27(36)25-11-7-6-10-24(25)26-18-35(32-31-26)13-21-8-4-3-5-9-21/h3-12,18,22-23H,13-17H2,1-2H3. The molecular formula is C28H29N7O. The molecule has 0 bridgehead atoms. The van der Waals surface area contributed by atoms with Gasteiger partial charge in [0.2, 0.25) is 5.95 Å². The monoisotopic (exact) mass is 479 g/mol. The fraction of sp³-hybridized carbons (Fsp3) is 0.321. The molecule has 8 nitrogen and oxygen atoms in total. The number of aryl methyl sites for hydroxylation is 2. The normalized spacial score (nSPS) is 19.1. The smallest absolute Gasteiger partial charge is 0.254 e. The van der Waals surface area contributed by atoms with Crippen LogP contribution in [0.2, 0.25) is 0 Å². The van der Waals surface area contributed by atoms with Crippen LogP contribution in [-0.2, 0) is 6.54 Å². The maximum Gasteiger partial charge on any atom is 0.254 e. The minimum atomic E-state index is 0.0619. The first kappa shape index (κ1) is 22.4. The maximum absolute atomic E-state index is 13.6. The van der Waals surface area contributed by atoms with Gasteiger partial charge in [0.05, 0.1) is 12.7 Å². The Morgan fingerprint density at radius 1 is 0.889 bits per heavy atom. The minimum absolute atomic E-state index is 0.0619. The summed E-state index contributed by atoms with van der Waals surface area (Å²) in [7, 11) is 0. The summed E-state index contributed by atoms with van der Waals surface area (Å²) in [6.07, 6.45) is 1.92. The van der Waals surface area contributed by atoms with E-state index in [1.165, 1.54) is 0 Å². The van der Waals surface area contributed by atoms with E-state index in [2.05, 4.69) is 37.3 Å². The molecule has 36 heavy (non-hydrogen) atoms. The zero-order chi connectivity index (χ0) is 24.6. The zero-order valence-corrected chi connectivity index (χ0v) is 20.6. The van der Waals surface area contributed by atoms with Crippen molar-refractivity contribution < 1.29 is 4.79 Å². The number of fused-ring (bicyclic) bond motifs is 1. The van der Waals surface area contributed by atoms with Crippen molar-refractivity contribution in [1.82, 2.24) is 29.9 Å². The molecular weight excluding hydrogens is 450 g/mol. The quantitative estimate of drug-likeness (QED) is 0.435. The summed E-state index contributed by atoms with van der Waals surface area (Å²) in [5.74, 6) is 1.73. The zero-order valence-electron chi connectivity index (χ0n) is 20.6. The predicted molar refractivity (Wildman–Crippen MR) is 138 cm³/mol. The summed E-state index contributed by atoms with van der Waals surface area (Å²) in [6.45, 7) is 7.92. The molecule has 0 aliphatic carbocycles. The van der Waals surface area contributed by atoms with Crippen LogP contribution in [0.3, 0.4) is 0 Å². The van der Waals surface area contributed by atoms with Crippen LogP contribution in [-0.4, -0.2) is 61.9 Å². The lowest BCUT2D eigenvalue weighted by molar-refractivity contribution is 0.0783. The first-order valence-corrected chi connectivity index (χ1v) is 12.4. The fourth-order valence-corrected chi connectivity index (χ4v) is 5.50. The van der Waals surface area contributed by atoms with Gasteiger partial charge < -0.3 is 9.80 Å². The lowest BCUT2D eigenvalue weighted by Gasteiger charge is -2.23. The SMILES string of the molecule is Cc1cc(C)nc(N2CC3CN(C(=O)c4ccccc4-c4cn(Cc5ccccc5)nn4)CC3C2)n1. The lowest BCUT2D eigenvalue weighted by atomic mass is 10.0. The first-order valence-electron chi connectivity index (χ1n) is 12.4. The van der Waals surface area contributed by atoms with Gasteiger partial charge in [-0.3, -0.25) is 4.79 Å². The Morgan fingerprint density at radius 2 is 1.56 bits per heavy atom. The third-order valence-corrected chi connectivity index (χ3v) is 7.19. The fourth-order valence-electron chi connectivity index (χ4n) is 5.50. The van der Waals surface area contributed by atoms with Crippen LogP contribution in [0, 0.1) is 25.7 Å². The number of amides is 1. The van der Waals surface area contributed by atoms with Crippen LogP contribution in [0.1, 0.15) is 27.3 Å². The molecule has 2 fully saturated rings. The molecule has 2 unspecified atom stereocenters. The molecule has 182 valence electrons. The van der Waals surface area contributed by atoms with Gasteiger partial charge >= 0.3 is 0 Å². The molecule has 8 heteroatoms. The largest absolute Gasteiger partial charge is 0.340 e. The molecule has 1 amide bonds. The van der Waals surface area contributed by atoms with Gasteiger partial charge in [-0.1, -0.05) is 53.7 Å². The Balaban J connectivity index is 1.16. The van der Waals surface area contributed by atoms with E-state index >= 15 is 0 Å². The highest BCUT2D eigenvalue weighted by molar-refractivity contribution is 6.00. The van der Waals surface area contributed by atoms with Crippen molar-refractivity contribution in [3.8, 4) is 11.3 Å². The molecule has 0 spiro atoms. The Bertz CT molecular complexity index is 1370. The van der Waals surface area contributed by atoms with Crippen molar-refractivity contribution in [3.05, 3.63) is 89.4 Å². The molecule has 4 heterocycles. The Kier molecular flexibility index (Phi) is 5.71. The van der Waals surface area contributed by atoms with Crippen LogP contribution in [0.4, 0.5) is 5.95 Å². The average Bonchev–Trinajstić information content (AvgIpc) is 3.59. The number of aromatic nitrogens is 5. The molecule has 0 saturated carbocycles. The number of carbonyl (C=O) groups is 1. The molecule has 6 rings (SSSR count). The molecule has 2 saturated heterocycles. The van der Waals surface area contributed by atoms with Gasteiger partial charge in [-0.15, -0.1) is 5.10 Å². The number of carbonyl (C=O) groups excluding carboxylic acids is 1. The number of hydrogen-bond donors (Lipinski definition) is 0. The number of nitrogens with zero attached hydrogens (tertiary/aromatic N) is 7. The molecule has 2 atom stereocenters. The summed E-state index contributed by atoms with van der Waals surface area (Å²) in [5.41, 5.74) is 5.35. The van der Waals surface area contributed by atoms with E-state index in [-0.39, 0.29) is 5.91 Å². The first-order chi connectivity index (χ1) is 17.5. The Morgan fingerprint density at radius 3 is 2.28 bits per heavy atom. The van der Waals surface area contributed by atoms with Gasteiger partial charge in [-0.25, -0.2) is 14.6 Å². The highest BCUT2D eigenvalue weighted by atomic mass is 16.2. The van der Waals surface area contributed by atoms with Gasteiger partial charge in [0.25, 0.3) is 5.91 Å². The summed E-state index contributed by atoms with van der Waals surface area (Å²) >= 11 is 0. The summed E-state index contributed by atoms with van der Waals surface area (Å²) < 4.78 is 1.82. The predicted octanol–water partition coefficient (Wildman–Crippen LogP) is 3.61. The molecule has 2 aliphatic heterocycles. The van der Waals surface area contributed by atoms with Crippen molar-refractivity contribution >= 4 is 11.9 Å². The summed E-state index contributed by atoms with van der Waals surface area (Å²) in [6, 6.07) is 19.9. The van der Waals surface area contributed by atoms with Crippen LogP contribution >= 0.6 is 0 Å². The van der Waals surface area contributed by atoms with E-state index in [1.54, 1.807) is 0 Å². The number of anilines is 1. The van der Waals surface area contributed by atoms with E-state index in [0.29, 0.717) is 29.6 Å². The van der Waals surface area contributed by atoms with Gasteiger partial charge in [-0.2, -0.15) is 0 Å². The second-order valence-corrected chi connectivity index (χ2v) is 9.92. The summed E-state index contributed by atoms with van der Waals surface area (Å²) in [4.78, 5) is 27.2. The minimum Gasteiger partial charge on any atom is -0.340 e. The Labute approximate surface area is 210 Å². The summed E-state index contributed by atoms with van der Waals surface area (Å²) in [5, 5.41) is 8.70. The Hall–Kier alpha value is -4.07. The molecule has 2 aliphatic rings. The van der Waals surface area contributed by atoms with Gasteiger partial charge in [-0.05, 0) is 31.5 Å².